The highest BCUT2D eigenvalue weighted by atomic mass is 32.1. The molecule has 4 aromatic heterocycles. The molecule has 0 saturated carbocycles. The Morgan fingerprint density at radius 3 is 1.78 bits per heavy atom. The van der Waals surface area contributed by atoms with Gasteiger partial charge in [0, 0.05) is 30.8 Å². The van der Waals surface area contributed by atoms with Crippen LogP contribution >= 0.6 is 45.3 Å². The van der Waals surface area contributed by atoms with Crippen molar-refractivity contribution in [3.63, 3.8) is 0 Å². The number of thiophene rings is 4. The van der Waals surface area contributed by atoms with Crippen LogP contribution in [0, 0.1) is 23.6 Å². The number of ether oxygens (including phenoxy) is 3. The third-order valence-electron chi connectivity index (χ3n) is 10.9. The second-order valence-electron chi connectivity index (χ2n) is 17.6. The fourth-order valence-corrected chi connectivity index (χ4v) is 12.0. The van der Waals surface area contributed by atoms with Crippen molar-refractivity contribution in [1.29, 1.82) is 0 Å². The SMILES string of the molecule is CCCCC(CC)COc1c2cc(C(C)(C)C)sc2c(OCC(CC)CCCC)c2cc(-c3sc(C(C)(C)C)c4c(F)c(C(=O)OCC(C)CC)sc34)sc12. The molecule has 55 heavy (non-hydrogen) atoms. The van der Waals surface area contributed by atoms with E-state index in [0.29, 0.717) is 30.4 Å². The molecule has 0 amide bonds. The minimum atomic E-state index is -0.575. The van der Waals surface area contributed by atoms with E-state index in [-0.39, 0.29) is 28.2 Å². The summed E-state index contributed by atoms with van der Waals surface area (Å²) in [4.78, 5) is 17.7. The number of rotatable bonds is 19. The van der Waals surface area contributed by atoms with Crippen molar-refractivity contribution < 1.29 is 23.4 Å². The monoisotopic (exact) mass is 828 g/mol. The van der Waals surface area contributed by atoms with Crippen LogP contribution in [0.3, 0.4) is 0 Å². The molecule has 0 bridgehead atoms. The Kier molecular flexibility index (Phi) is 14.8. The molecule has 0 fully saturated rings. The van der Waals surface area contributed by atoms with E-state index in [1.807, 2.05) is 18.3 Å². The van der Waals surface area contributed by atoms with Crippen LogP contribution in [0.2, 0.25) is 0 Å². The van der Waals surface area contributed by atoms with Gasteiger partial charge in [-0.05, 0) is 53.6 Å². The number of carbonyl (C=O) groups excluding carboxylic acids is 1. The number of esters is 1. The van der Waals surface area contributed by atoms with Crippen molar-refractivity contribution in [2.45, 2.75) is 152 Å². The normalized spacial score (nSPS) is 14.3. The van der Waals surface area contributed by atoms with Crippen molar-refractivity contribution in [1.82, 2.24) is 0 Å². The molecular formula is C46H65FO4S4. The van der Waals surface area contributed by atoms with E-state index in [1.54, 1.807) is 22.7 Å². The lowest BCUT2D eigenvalue weighted by molar-refractivity contribution is 0.0448. The summed E-state index contributed by atoms with van der Waals surface area (Å²) >= 11 is 6.42. The molecule has 0 saturated heterocycles. The average molecular weight is 829 g/mol. The van der Waals surface area contributed by atoms with Gasteiger partial charge in [-0.25, -0.2) is 9.18 Å². The summed E-state index contributed by atoms with van der Waals surface area (Å²) in [7, 11) is 0. The zero-order valence-electron chi connectivity index (χ0n) is 35.5. The molecular weight excluding hydrogens is 764 g/mol. The maximum absolute atomic E-state index is 16.5. The molecule has 9 heteroatoms. The van der Waals surface area contributed by atoms with Gasteiger partial charge in [-0.15, -0.1) is 45.3 Å². The van der Waals surface area contributed by atoms with Crippen LogP contribution in [-0.2, 0) is 15.6 Å². The van der Waals surface area contributed by atoms with Crippen LogP contribution in [0.4, 0.5) is 4.39 Å². The molecule has 4 heterocycles. The van der Waals surface area contributed by atoms with Crippen LogP contribution in [0.5, 0.6) is 11.5 Å². The van der Waals surface area contributed by atoms with E-state index in [4.69, 9.17) is 14.2 Å². The molecule has 0 spiro atoms. The highest BCUT2D eigenvalue weighted by molar-refractivity contribution is 7.31. The molecule has 5 rings (SSSR count). The largest absolute Gasteiger partial charge is 0.491 e. The van der Waals surface area contributed by atoms with E-state index >= 15 is 4.39 Å². The van der Waals surface area contributed by atoms with Crippen LogP contribution in [0.15, 0.2) is 12.1 Å². The van der Waals surface area contributed by atoms with Crippen molar-refractivity contribution in [3.05, 3.63) is 32.6 Å². The minimum absolute atomic E-state index is 0.0282. The number of fused-ring (bicyclic) bond motifs is 3. The first-order valence-corrected chi connectivity index (χ1v) is 24.1. The van der Waals surface area contributed by atoms with Gasteiger partial charge in [0.05, 0.1) is 38.8 Å². The van der Waals surface area contributed by atoms with E-state index < -0.39 is 11.8 Å². The first-order chi connectivity index (χ1) is 26.1. The molecule has 1 aromatic carbocycles. The van der Waals surface area contributed by atoms with Gasteiger partial charge in [0.15, 0.2) is 5.82 Å². The number of halogens is 1. The Morgan fingerprint density at radius 1 is 0.709 bits per heavy atom. The molecule has 0 aliphatic rings. The van der Waals surface area contributed by atoms with Crippen LogP contribution in [0.1, 0.15) is 160 Å². The predicted octanol–water partition coefficient (Wildman–Crippen LogP) is 16.2. The topological polar surface area (TPSA) is 44.8 Å². The number of hydrogen-bond donors (Lipinski definition) is 0. The highest BCUT2D eigenvalue weighted by Crippen LogP contribution is 2.56. The van der Waals surface area contributed by atoms with Crippen molar-refractivity contribution in [2.24, 2.45) is 17.8 Å². The second kappa shape index (κ2) is 18.6. The highest BCUT2D eigenvalue weighted by Gasteiger charge is 2.33. The van der Waals surface area contributed by atoms with E-state index in [0.717, 1.165) is 83.1 Å². The molecule has 0 aliphatic heterocycles. The predicted molar refractivity (Wildman–Crippen MR) is 241 cm³/mol. The summed E-state index contributed by atoms with van der Waals surface area (Å²) in [6.45, 7) is 27.9. The summed E-state index contributed by atoms with van der Waals surface area (Å²) in [6, 6.07) is 4.60. The van der Waals surface area contributed by atoms with Gasteiger partial charge < -0.3 is 14.2 Å². The van der Waals surface area contributed by atoms with Crippen LogP contribution in [0.25, 0.3) is 40.0 Å². The lowest BCUT2D eigenvalue weighted by atomic mass is 9.92. The Bertz CT molecular complexity index is 1970. The average Bonchev–Trinajstić information content (AvgIpc) is 3.93. The second-order valence-corrected chi connectivity index (χ2v) is 21.8. The molecule has 3 unspecified atom stereocenters. The summed E-state index contributed by atoms with van der Waals surface area (Å²) in [5, 5.41) is 2.73. The van der Waals surface area contributed by atoms with E-state index in [1.165, 1.54) is 41.9 Å². The minimum Gasteiger partial charge on any atom is -0.491 e. The zero-order valence-corrected chi connectivity index (χ0v) is 38.8. The first kappa shape index (κ1) is 43.9. The van der Waals surface area contributed by atoms with Gasteiger partial charge in [0.2, 0.25) is 0 Å². The standard InChI is InChI=1S/C46H65FO4S4/c1-13-18-20-28(16-4)25-49-36-30-22-32(40-41-34(43(55-40)46(10,11)12)35(47)42(54-41)44(48)51-24-27(6)15-3)52-38(30)37(50-26-29(17-5)21-19-14-2)31-23-33(45(7,8)9)53-39(31)36/h22-23,27-29H,13-21,24-26H2,1-12H3. The van der Waals surface area contributed by atoms with Crippen molar-refractivity contribution in [3.8, 4) is 21.3 Å². The summed E-state index contributed by atoms with van der Waals surface area (Å²) < 4.78 is 39.2. The number of carbonyl (C=O) groups is 1. The quantitative estimate of drug-likeness (QED) is 0.0778. The summed E-state index contributed by atoms with van der Waals surface area (Å²) in [6.07, 6.45) is 10.1. The molecule has 4 nitrogen and oxygen atoms in total. The lowest BCUT2D eigenvalue weighted by Crippen LogP contribution is -2.12. The fraction of sp³-hybridized carbons (Fsp3) is 0.630. The lowest BCUT2D eigenvalue weighted by Gasteiger charge is -2.19. The maximum atomic E-state index is 16.5. The Balaban J connectivity index is 1.75. The van der Waals surface area contributed by atoms with E-state index in [9.17, 15) is 4.79 Å². The molecule has 304 valence electrons. The third kappa shape index (κ3) is 9.75. The fourth-order valence-electron chi connectivity index (χ4n) is 6.86. The van der Waals surface area contributed by atoms with Gasteiger partial charge >= 0.3 is 5.97 Å². The van der Waals surface area contributed by atoms with Crippen LogP contribution < -0.4 is 9.47 Å². The first-order valence-electron chi connectivity index (χ1n) is 20.8. The molecule has 3 atom stereocenters. The summed E-state index contributed by atoms with van der Waals surface area (Å²) in [5.41, 5.74) is -0.354. The number of hydrogen-bond acceptors (Lipinski definition) is 8. The molecule has 0 N–H and O–H groups in total. The maximum Gasteiger partial charge on any atom is 0.351 e. The number of unbranched alkanes of at least 4 members (excludes halogenated alkanes) is 2. The van der Waals surface area contributed by atoms with E-state index in [2.05, 4.69) is 88.3 Å². The Hall–Kier alpha value is -2.20. The van der Waals surface area contributed by atoms with Gasteiger partial charge in [0.1, 0.15) is 16.4 Å². The smallest absolute Gasteiger partial charge is 0.351 e. The third-order valence-corrected chi connectivity index (χ3v) is 16.7. The molecule has 0 radical (unpaired) electrons. The van der Waals surface area contributed by atoms with Gasteiger partial charge in [-0.1, -0.05) is 128 Å². The summed E-state index contributed by atoms with van der Waals surface area (Å²) in [5.74, 6) is 2.00. The van der Waals surface area contributed by atoms with Gasteiger partial charge in [0.25, 0.3) is 0 Å². The molecule has 0 aliphatic carbocycles. The Morgan fingerprint density at radius 2 is 1.27 bits per heavy atom. The van der Waals surface area contributed by atoms with Gasteiger partial charge in [-0.3, -0.25) is 0 Å². The van der Waals surface area contributed by atoms with Crippen molar-refractivity contribution >= 4 is 81.6 Å². The molecule has 5 aromatic rings. The Labute approximate surface area is 346 Å². The van der Waals surface area contributed by atoms with Crippen molar-refractivity contribution in [2.75, 3.05) is 19.8 Å². The number of benzene rings is 1. The van der Waals surface area contributed by atoms with Gasteiger partial charge in [-0.2, -0.15) is 0 Å². The van der Waals surface area contributed by atoms with Crippen LogP contribution in [-0.4, -0.2) is 25.8 Å². The zero-order chi connectivity index (χ0) is 40.2.